The van der Waals surface area contributed by atoms with Gasteiger partial charge in [-0.05, 0) is 44.4 Å². The van der Waals surface area contributed by atoms with E-state index < -0.39 is 0 Å². The van der Waals surface area contributed by atoms with Crippen molar-refractivity contribution in [1.82, 2.24) is 10.2 Å². The number of carbonyl (C=O) groups excluding carboxylic acids is 1. The standard InChI is InChI=1S/C18H34N2O/c1-6-10-16-19-18(5,7-2)17(21)20(16)15-12-9-8-11-14(15)13(3)4/h13-16,19H,6-12H2,1-5H3. The molecule has 0 aromatic heterocycles. The second-order valence-corrected chi connectivity index (χ2v) is 7.61. The van der Waals surface area contributed by atoms with Gasteiger partial charge in [-0.15, -0.1) is 0 Å². The lowest BCUT2D eigenvalue weighted by Gasteiger charge is -2.42. The minimum Gasteiger partial charge on any atom is -0.322 e. The zero-order valence-electron chi connectivity index (χ0n) is 14.6. The predicted octanol–water partition coefficient (Wildman–Crippen LogP) is 3.93. The lowest BCUT2D eigenvalue weighted by molar-refractivity contribution is -0.137. The van der Waals surface area contributed by atoms with Crippen molar-refractivity contribution < 1.29 is 4.79 Å². The first-order valence-corrected chi connectivity index (χ1v) is 9.05. The van der Waals surface area contributed by atoms with Crippen molar-refractivity contribution in [3.05, 3.63) is 0 Å². The quantitative estimate of drug-likeness (QED) is 0.833. The topological polar surface area (TPSA) is 32.3 Å². The number of rotatable bonds is 5. The van der Waals surface area contributed by atoms with Crippen LogP contribution in [0.3, 0.4) is 0 Å². The number of nitrogens with one attached hydrogen (secondary N) is 1. The van der Waals surface area contributed by atoms with Gasteiger partial charge in [-0.3, -0.25) is 10.1 Å². The van der Waals surface area contributed by atoms with Crippen LogP contribution in [0.5, 0.6) is 0 Å². The minimum absolute atomic E-state index is 0.247. The second kappa shape index (κ2) is 6.68. The number of hydrogen-bond acceptors (Lipinski definition) is 2. The van der Waals surface area contributed by atoms with Gasteiger partial charge >= 0.3 is 0 Å². The van der Waals surface area contributed by atoms with Gasteiger partial charge in [-0.25, -0.2) is 0 Å². The summed E-state index contributed by atoms with van der Waals surface area (Å²) < 4.78 is 0. The van der Waals surface area contributed by atoms with Crippen LogP contribution in [0.1, 0.15) is 79.6 Å². The minimum atomic E-state index is -0.348. The number of amides is 1. The zero-order chi connectivity index (χ0) is 15.6. The van der Waals surface area contributed by atoms with E-state index in [9.17, 15) is 4.79 Å². The van der Waals surface area contributed by atoms with Crippen molar-refractivity contribution in [3.8, 4) is 0 Å². The molecule has 1 N–H and O–H groups in total. The zero-order valence-corrected chi connectivity index (χ0v) is 14.6. The van der Waals surface area contributed by atoms with Crippen molar-refractivity contribution in [2.24, 2.45) is 11.8 Å². The molecule has 1 amide bonds. The van der Waals surface area contributed by atoms with E-state index in [-0.39, 0.29) is 11.7 Å². The SMILES string of the molecule is CCCC1NC(C)(CC)C(=O)N1C1CCCCC1C(C)C. The molecule has 0 radical (unpaired) electrons. The van der Waals surface area contributed by atoms with E-state index in [1.54, 1.807) is 0 Å². The van der Waals surface area contributed by atoms with Crippen LogP contribution < -0.4 is 5.32 Å². The molecule has 3 nitrogen and oxygen atoms in total. The van der Waals surface area contributed by atoms with E-state index in [4.69, 9.17) is 0 Å². The smallest absolute Gasteiger partial charge is 0.244 e. The Morgan fingerprint density at radius 3 is 2.52 bits per heavy atom. The van der Waals surface area contributed by atoms with Crippen molar-refractivity contribution in [2.75, 3.05) is 0 Å². The Morgan fingerprint density at radius 1 is 1.29 bits per heavy atom. The average molecular weight is 294 g/mol. The van der Waals surface area contributed by atoms with Crippen molar-refractivity contribution in [1.29, 1.82) is 0 Å². The number of nitrogens with zero attached hydrogens (tertiary/aromatic N) is 1. The molecule has 122 valence electrons. The average Bonchev–Trinajstić information content (AvgIpc) is 2.71. The molecule has 1 heterocycles. The molecule has 21 heavy (non-hydrogen) atoms. The first kappa shape index (κ1) is 16.8. The summed E-state index contributed by atoms with van der Waals surface area (Å²) in [5, 5.41) is 3.65. The van der Waals surface area contributed by atoms with Crippen LogP contribution in [0, 0.1) is 11.8 Å². The lowest BCUT2D eigenvalue weighted by Crippen LogP contribution is -2.50. The molecular weight excluding hydrogens is 260 g/mol. The molecule has 0 spiro atoms. The largest absolute Gasteiger partial charge is 0.322 e. The van der Waals surface area contributed by atoms with Gasteiger partial charge in [0.05, 0.1) is 11.7 Å². The highest BCUT2D eigenvalue weighted by Gasteiger charge is 2.50. The van der Waals surface area contributed by atoms with Crippen LogP contribution >= 0.6 is 0 Å². The monoisotopic (exact) mass is 294 g/mol. The third-order valence-corrected chi connectivity index (χ3v) is 5.79. The Balaban J connectivity index is 2.26. The van der Waals surface area contributed by atoms with E-state index in [0.717, 1.165) is 19.3 Å². The summed E-state index contributed by atoms with van der Waals surface area (Å²) in [5.74, 6) is 1.68. The summed E-state index contributed by atoms with van der Waals surface area (Å²) in [5.41, 5.74) is -0.348. The molecule has 2 fully saturated rings. The molecule has 0 aromatic rings. The highest BCUT2D eigenvalue weighted by atomic mass is 16.2. The summed E-state index contributed by atoms with van der Waals surface area (Å²) in [6.07, 6.45) is 8.41. The Kier molecular flexibility index (Phi) is 5.34. The summed E-state index contributed by atoms with van der Waals surface area (Å²) in [6.45, 7) is 11.1. The Bertz CT molecular complexity index is 368. The van der Waals surface area contributed by atoms with Gasteiger partial charge in [0, 0.05) is 6.04 Å². The molecule has 1 saturated carbocycles. The Hall–Kier alpha value is -0.570. The third-order valence-electron chi connectivity index (χ3n) is 5.79. The highest BCUT2D eigenvalue weighted by Crippen LogP contribution is 2.38. The fraction of sp³-hybridized carbons (Fsp3) is 0.944. The maximum atomic E-state index is 13.1. The Morgan fingerprint density at radius 2 is 1.95 bits per heavy atom. The molecule has 2 aliphatic rings. The van der Waals surface area contributed by atoms with Gasteiger partial charge in [0.25, 0.3) is 0 Å². The molecule has 0 aromatic carbocycles. The first-order chi connectivity index (χ1) is 9.94. The number of carbonyl (C=O) groups is 1. The second-order valence-electron chi connectivity index (χ2n) is 7.61. The molecule has 3 heteroatoms. The van der Waals surface area contributed by atoms with E-state index >= 15 is 0 Å². The summed E-state index contributed by atoms with van der Waals surface area (Å²) in [7, 11) is 0. The molecular formula is C18H34N2O. The highest BCUT2D eigenvalue weighted by molar-refractivity contribution is 5.88. The van der Waals surface area contributed by atoms with Gasteiger partial charge in [0.1, 0.15) is 0 Å². The van der Waals surface area contributed by atoms with Gasteiger partial charge < -0.3 is 4.90 Å². The molecule has 4 unspecified atom stereocenters. The van der Waals surface area contributed by atoms with Gasteiger partial charge in [-0.2, -0.15) is 0 Å². The molecule has 0 bridgehead atoms. The van der Waals surface area contributed by atoms with Gasteiger partial charge in [0.15, 0.2) is 0 Å². The molecule has 2 rings (SSSR count). The maximum Gasteiger partial charge on any atom is 0.244 e. The number of hydrogen-bond donors (Lipinski definition) is 1. The van der Waals surface area contributed by atoms with Crippen LogP contribution in [0.4, 0.5) is 0 Å². The fourth-order valence-electron chi connectivity index (χ4n) is 4.31. The van der Waals surface area contributed by atoms with Crippen LogP contribution in [-0.2, 0) is 4.79 Å². The normalized spacial score (nSPS) is 37.5. The summed E-state index contributed by atoms with van der Waals surface area (Å²) in [4.78, 5) is 15.3. The fourth-order valence-corrected chi connectivity index (χ4v) is 4.31. The Labute approximate surface area is 130 Å². The van der Waals surface area contributed by atoms with Crippen molar-refractivity contribution >= 4 is 5.91 Å². The maximum absolute atomic E-state index is 13.1. The first-order valence-electron chi connectivity index (χ1n) is 9.05. The van der Waals surface area contributed by atoms with E-state index in [0.29, 0.717) is 23.8 Å². The van der Waals surface area contributed by atoms with Gasteiger partial charge in [-0.1, -0.05) is 47.0 Å². The van der Waals surface area contributed by atoms with E-state index in [1.165, 1.54) is 25.7 Å². The molecule has 1 saturated heterocycles. The summed E-state index contributed by atoms with van der Waals surface area (Å²) >= 11 is 0. The third kappa shape index (κ3) is 3.13. The molecule has 1 aliphatic carbocycles. The van der Waals surface area contributed by atoms with Crippen LogP contribution in [0.25, 0.3) is 0 Å². The van der Waals surface area contributed by atoms with Crippen molar-refractivity contribution in [2.45, 2.75) is 97.3 Å². The molecule has 4 atom stereocenters. The molecule has 1 aliphatic heterocycles. The van der Waals surface area contributed by atoms with Gasteiger partial charge in [0.2, 0.25) is 5.91 Å². The van der Waals surface area contributed by atoms with E-state index in [2.05, 4.69) is 44.8 Å². The lowest BCUT2D eigenvalue weighted by atomic mass is 9.76. The van der Waals surface area contributed by atoms with Crippen molar-refractivity contribution in [3.63, 3.8) is 0 Å². The summed E-state index contributed by atoms with van der Waals surface area (Å²) in [6, 6.07) is 0.448. The van der Waals surface area contributed by atoms with Crippen LogP contribution in [0.15, 0.2) is 0 Å². The van der Waals surface area contributed by atoms with Crippen LogP contribution in [-0.4, -0.2) is 28.6 Å². The van der Waals surface area contributed by atoms with Crippen LogP contribution in [0.2, 0.25) is 0 Å². The predicted molar refractivity (Wildman–Crippen MR) is 88.0 cm³/mol. The van der Waals surface area contributed by atoms with E-state index in [1.807, 2.05) is 0 Å².